The Morgan fingerprint density at radius 2 is 1.90 bits per heavy atom. The van der Waals surface area contributed by atoms with Crippen LogP contribution in [0, 0.1) is 10.1 Å². The average Bonchev–Trinajstić information content (AvgIpc) is 3.09. The minimum absolute atomic E-state index is 0.0401. The molecular weight excluding hydrogens is 412 g/mol. The fourth-order valence-corrected chi connectivity index (χ4v) is 3.30. The lowest BCUT2D eigenvalue weighted by molar-refractivity contribution is -0.384. The Bertz CT molecular complexity index is 1280. The van der Waals surface area contributed by atoms with Crippen LogP contribution in [0.1, 0.15) is 0 Å². The van der Waals surface area contributed by atoms with E-state index in [1.807, 2.05) is 24.3 Å². The van der Waals surface area contributed by atoms with Crippen LogP contribution < -0.4 is 14.8 Å². The molecule has 1 aromatic heterocycles. The van der Waals surface area contributed by atoms with Crippen molar-refractivity contribution < 1.29 is 23.6 Å². The van der Waals surface area contributed by atoms with Gasteiger partial charge < -0.3 is 19.2 Å². The van der Waals surface area contributed by atoms with Gasteiger partial charge in [-0.25, -0.2) is 0 Å². The first-order valence-corrected chi connectivity index (χ1v) is 9.20. The van der Waals surface area contributed by atoms with Crippen LogP contribution in [0.15, 0.2) is 59.0 Å². The lowest BCUT2D eigenvalue weighted by Crippen LogP contribution is -2.20. The third kappa shape index (κ3) is 3.72. The smallest absolute Gasteiger partial charge is 0.271 e. The molecule has 3 aromatic carbocycles. The monoisotopic (exact) mass is 426 g/mol. The number of nitro groups is 1. The summed E-state index contributed by atoms with van der Waals surface area (Å²) < 4.78 is 16.6. The molecule has 0 bridgehead atoms. The Morgan fingerprint density at radius 3 is 2.63 bits per heavy atom. The number of nitrogens with zero attached hydrogens (tertiary/aromatic N) is 1. The first-order chi connectivity index (χ1) is 14.5. The third-order valence-corrected chi connectivity index (χ3v) is 4.75. The highest BCUT2D eigenvalue weighted by Gasteiger charge is 2.15. The number of ether oxygens (including phenoxy) is 2. The number of methoxy groups -OCH3 is 1. The SMILES string of the molecule is COc1cc2c(cc1NC(=O)COc1ccc([N+](=O)[O-])cc1Cl)oc1ccccc12. The fourth-order valence-electron chi connectivity index (χ4n) is 3.07. The molecule has 30 heavy (non-hydrogen) atoms. The summed E-state index contributed by atoms with van der Waals surface area (Å²) in [6.07, 6.45) is 0. The number of halogens is 1. The second-order valence-corrected chi connectivity index (χ2v) is 6.76. The summed E-state index contributed by atoms with van der Waals surface area (Å²) in [6, 6.07) is 14.8. The van der Waals surface area contributed by atoms with Gasteiger partial charge in [0.05, 0.1) is 22.7 Å². The predicted octanol–water partition coefficient (Wildman–Crippen LogP) is 5.17. The van der Waals surface area contributed by atoms with Gasteiger partial charge in [0.2, 0.25) is 0 Å². The maximum atomic E-state index is 12.4. The van der Waals surface area contributed by atoms with Gasteiger partial charge in [-0.1, -0.05) is 29.8 Å². The molecule has 1 heterocycles. The van der Waals surface area contributed by atoms with Gasteiger partial charge in [-0.05, 0) is 18.2 Å². The van der Waals surface area contributed by atoms with Gasteiger partial charge in [-0.15, -0.1) is 0 Å². The standard InChI is InChI=1S/C21H15ClN2O6/c1-28-20-9-14-13-4-2-3-5-17(13)30-19(14)10-16(20)23-21(25)11-29-18-7-6-12(24(26)27)8-15(18)22/h2-10H,11H2,1H3,(H,23,25). The van der Waals surface area contributed by atoms with Gasteiger partial charge in [-0.3, -0.25) is 14.9 Å². The second kappa shape index (κ2) is 7.92. The largest absolute Gasteiger partial charge is 0.495 e. The number of hydrogen-bond donors (Lipinski definition) is 1. The topological polar surface area (TPSA) is 104 Å². The molecule has 152 valence electrons. The molecule has 8 nitrogen and oxygen atoms in total. The Hall–Kier alpha value is -3.78. The first-order valence-electron chi connectivity index (χ1n) is 8.82. The summed E-state index contributed by atoms with van der Waals surface area (Å²) >= 11 is 5.98. The number of nitrogens with one attached hydrogen (secondary N) is 1. The highest BCUT2D eigenvalue weighted by molar-refractivity contribution is 6.32. The number of rotatable bonds is 6. The zero-order valence-electron chi connectivity index (χ0n) is 15.7. The molecule has 0 saturated carbocycles. The van der Waals surface area contributed by atoms with Crippen molar-refractivity contribution in [1.29, 1.82) is 0 Å². The summed E-state index contributed by atoms with van der Waals surface area (Å²) in [5.41, 5.74) is 1.59. The van der Waals surface area contributed by atoms with Crippen LogP contribution in [0.5, 0.6) is 11.5 Å². The third-order valence-electron chi connectivity index (χ3n) is 4.46. The average molecular weight is 427 g/mol. The van der Waals surface area contributed by atoms with E-state index in [0.29, 0.717) is 17.0 Å². The van der Waals surface area contributed by atoms with Crippen molar-refractivity contribution in [3.63, 3.8) is 0 Å². The number of carbonyl (C=O) groups is 1. The molecule has 0 radical (unpaired) electrons. The number of amides is 1. The van der Waals surface area contributed by atoms with Gasteiger partial charge in [-0.2, -0.15) is 0 Å². The van der Waals surface area contributed by atoms with Crippen LogP contribution in [-0.2, 0) is 4.79 Å². The molecule has 0 unspecified atom stereocenters. The summed E-state index contributed by atoms with van der Waals surface area (Å²) in [5.74, 6) is 0.172. The quantitative estimate of drug-likeness (QED) is 0.337. The first kappa shape index (κ1) is 19.5. The maximum absolute atomic E-state index is 12.4. The molecule has 0 aliphatic rings. The van der Waals surface area contributed by atoms with Crippen molar-refractivity contribution in [2.24, 2.45) is 0 Å². The number of furan rings is 1. The van der Waals surface area contributed by atoms with Crippen LogP contribution in [0.25, 0.3) is 21.9 Å². The van der Waals surface area contributed by atoms with Crippen LogP contribution in [-0.4, -0.2) is 24.5 Å². The van der Waals surface area contributed by atoms with E-state index in [2.05, 4.69) is 5.32 Å². The van der Waals surface area contributed by atoms with E-state index < -0.39 is 10.8 Å². The highest BCUT2D eigenvalue weighted by atomic mass is 35.5. The van der Waals surface area contributed by atoms with Crippen LogP contribution in [0.3, 0.4) is 0 Å². The molecule has 0 atom stereocenters. The predicted molar refractivity (Wildman–Crippen MR) is 113 cm³/mol. The van der Waals surface area contributed by atoms with Crippen molar-refractivity contribution in [1.82, 2.24) is 0 Å². The number of anilines is 1. The van der Waals surface area contributed by atoms with E-state index in [0.717, 1.165) is 22.4 Å². The Balaban J connectivity index is 1.52. The highest BCUT2D eigenvalue weighted by Crippen LogP contribution is 2.36. The number of hydrogen-bond acceptors (Lipinski definition) is 6. The number of fused-ring (bicyclic) bond motifs is 3. The molecule has 4 rings (SSSR count). The van der Waals surface area contributed by atoms with Crippen molar-refractivity contribution in [3.05, 3.63) is 69.7 Å². The lowest BCUT2D eigenvalue weighted by Gasteiger charge is -2.11. The molecule has 0 saturated heterocycles. The molecule has 1 amide bonds. The molecule has 4 aromatic rings. The summed E-state index contributed by atoms with van der Waals surface area (Å²) in [7, 11) is 1.51. The summed E-state index contributed by atoms with van der Waals surface area (Å²) in [4.78, 5) is 22.6. The van der Waals surface area contributed by atoms with Crippen LogP contribution >= 0.6 is 11.6 Å². The van der Waals surface area contributed by atoms with E-state index in [1.54, 1.807) is 12.1 Å². The van der Waals surface area contributed by atoms with Gasteiger partial charge in [0.1, 0.15) is 22.7 Å². The number of non-ortho nitro benzene ring substituents is 1. The molecule has 1 N–H and O–H groups in total. The van der Waals surface area contributed by atoms with Crippen molar-refractivity contribution in [2.75, 3.05) is 19.0 Å². The second-order valence-electron chi connectivity index (χ2n) is 6.36. The normalized spacial score (nSPS) is 10.9. The van der Waals surface area contributed by atoms with Crippen LogP contribution in [0.2, 0.25) is 5.02 Å². The zero-order chi connectivity index (χ0) is 21.3. The molecule has 0 spiro atoms. The Morgan fingerprint density at radius 1 is 1.10 bits per heavy atom. The van der Waals surface area contributed by atoms with Gasteiger partial charge in [0.15, 0.2) is 6.61 Å². The van der Waals surface area contributed by atoms with Gasteiger partial charge in [0, 0.05) is 29.0 Å². The molecule has 0 aliphatic heterocycles. The summed E-state index contributed by atoms with van der Waals surface area (Å²) in [5, 5.41) is 15.3. The van der Waals surface area contributed by atoms with Crippen molar-refractivity contribution in [3.8, 4) is 11.5 Å². The maximum Gasteiger partial charge on any atom is 0.271 e. The van der Waals surface area contributed by atoms with Gasteiger partial charge in [0.25, 0.3) is 11.6 Å². The Kier molecular flexibility index (Phi) is 5.16. The van der Waals surface area contributed by atoms with Gasteiger partial charge >= 0.3 is 0 Å². The number of benzene rings is 3. The Labute approximate surface area is 175 Å². The van der Waals surface area contributed by atoms with E-state index in [9.17, 15) is 14.9 Å². The number of carbonyl (C=O) groups excluding carboxylic acids is 1. The molecular formula is C21H15ClN2O6. The van der Waals surface area contributed by atoms with Crippen LogP contribution in [0.4, 0.5) is 11.4 Å². The zero-order valence-corrected chi connectivity index (χ0v) is 16.4. The van der Waals surface area contributed by atoms with E-state index >= 15 is 0 Å². The fraction of sp³-hybridized carbons (Fsp3) is 0.0952. The number of nitro benzene ring substituents is 1. The lowest BCUT2D eigenvalue weighted by atomic mass is 10.1. The molecule has 0 aliphatic carbocycles. The number of para-hydroxylation sites is 1. The van der Waals surface area contributed by atoms with E-state index in [4.69, 9.17) is 25.5 Å². The van der Waals surface area contributed by atoms with E-state index in [-0.39, 0.29) is 23.1 Å². The van der Waals surface area contributed by atoms with Crippen molar-refractivity contribution in [2.45, 2.75) is 0 Å². The molecule has 9 heteroatoms. The van der Waals surface area contributed by atoms with Crippen molar-refractivity contribution >= 4 is 50.8 Å². The minimum Gasteiger partial charge on any atom is -0.495 e. The minimum atomic E-state index is -0.567. The molecule has 0 fully saturated rings. The summed E-state index contributed by atoms with van der Waals surface area (Å²) in [6.45, 7) is -0.348. The van der Waals surface area contributed by atoms with E-state index in [1.165, 1.54) is 19.2 Å².